The smallest absolute Gasteiger partial charge is 0.225 e. The maximum atomic E-state index is 6.59. The van der Waals surface area contributed by atoms with Crippen molar-refractivity contribution in [3.05, 3.63) is 36.5 Å². The Morgan fingerprint density at radius 2 is 1.70 bits per heavy atom. The molecule has 3 heteroatoms. The van der Waals surface area contributed by atoms with Gasteiger partial charge in [-0.05, 0) is 17.6 Å². The summed E-state index contributed by atoms with van der Waals surface area (Å²) in [7, 11) is -1.28. The van der Waals surface area contributed by atoms with Crippen molar-refractivity contribution >= 4 is 22.0 Å². The zero-order chi connectivity index (χ0) is 17.8. The van der Waals surface area contributed by atoms with Crippen LogP contribution >= 0.6 is 10.3 Å². The zero-order valence-corrected chi connectivity index (χ0v) is 16.7. The predicted octanol–water partition coefficient (Wildman–Crippen LogP) is 6.47. The van der Waals surface area contributed by atoms with E-state index in [0.29, 0.717) is 21.6 Å². The largest absolute Gasteiger partial charge is 0.428 e. The summed E-state index contributed by atoms with van der Waals surface area (Å²) in [5, 5.41) is 1.42. The number of nitrogens with zero attached hydrogens (tertiary/aromatic N) is 1. The van der Waals surface area contributed by atoms with Crippen LogP contribution in [0.15, 0.2) is 25.4 Å². The number of allylic oxidation sites excluding steroid dienone is 1. The van der Waals surface area contributed by atoms with Gasteiger partial charge in [-0.25, -0.2) is 4.98 Å². The first kappa shape index (κ1) is 19.8. The van der Waals surface area contributed by atoms with Crippen molar-refractivity contribution in [1.82, 2.24) is 4.98 Å². The van der Waals surface area contributed by atoms with Crippen LogP contribution < -0.4 is 4.18 Å². The van der Waals surface area contributed by atoms with Crippen LogP contribution in [0.25, 0.3) is 11.6 Å². The molecule has 0 amide bonds. The highest BCUT2D eigenvalue weighted by Gasteiger charge is 2.37. The van der Waals surface area contributed by atoms with Gasteiger partial charge in [0.05, 0.1) is 0 Å². The molecule has 130 valence electrons. The van der Waals surface area contributed by atoms with Crippen molar-refractivity contribution in [2.45, 2.75) is 70.6 Å². The molecule has 1 aromatic rings. The average molecular weight is 336 g/mol. The highest BCUT2D eigenvalue weighted by molar-refractivity contribution is 8.31. The lowest BCUT2D eigenvalue weighted by Crippen LogP contribution is -2.33. The van der Waals surface area contributed by atoms with Gasteiger partial charge in [0.2, 0.25) is 5.88 Å². The second kappa shape index (κ2) is 8.05. The monoisotopic (exact) mass is 335 g/mol. The average Bonchev–Trinajstić information content (AvgIpc) is 2.50. The van der Waals surface area contributed by atoms with Crippen LogP contribution in [-0.2, 0) is 0 Å². The summed E-state index contributed by atoms with van der Waals surface area (Å²) < 4.78 is 6.59. The van der Waals surface area contributed by atoms with Gasteiger partial charge < -0.3 is 4.18 Å². The molecule has 0 spiro atoms. The van der Waals surface area contributed by atoms with Crippen LogP contribution in [0.3, 0.4) is 0 Å². The molecule has 1 aromatic heterocycles. The van der Waals surface area contributed by atoms with Crippen molar-refractivity contribution < 1.29 is 4.18 Å². The number of rotatable bonds is 8. The molecule has 0 aliphatic rings. The minimum atomic E-state index is -1.28. The van der Waals surface area contributed by atoms with Crippen molar-refractivity contribution in [3.8, 4) is 5.88 Å². The fourth-order valence-corrected chi connectivity index (χ4v) is 7.45. The normalized spacial score (nSPS) is 12.8. The van der Waals surface area contributed by atoms with Crippen molar-refractivity contribution in [1.29, 1.82) is 0 Å². The Kier molecular flexibility index (Phi) is 6.94. The molecule has 0 bridgehead atoms. The topological polar surface area (TPSA) is 22.1 Å². The third kappa shape index (κ3) is 4.00. The van der Waals surface area contributed by atoms with E-state index in [1.807, 2.05) is 18.3 Å². The maximum absolute atomic E-state index is 6.59. The standard InChI is InChI=1S/C20H33NOS/c1-10-17(9)19-13-21-20(12-18(19)11-2)22-23(14(3)4,15(5)6)16(7)8/h11-16H,2,9-10H2,1,3-8H3. The summed E-state index contributed by atoms with van der Waals surface area (Å²) in [6, 6.07) is 2.01. The molecule has 0 unspecified atom stereocenters. The van der Waals surface area contributed by atoms with E-state index in [4.69, 9.17) is 4.18 Å². The van der Waals surface area contributed by atoms with Gasteiger partial charge in [-0.3, -0.25) is 0 Å². The number of pyridine rings is 1. The molecule has 23 heavy (non-hydrogen) atoms. The zero-order valence-electron chi connectivity index (χ0n) is 15.8. The molecular formula is C20H33NOS. The van der Waals surface area contributed by atoms with Crippen molar-refractivity contribution in [2.75, 3.05) is 0 Å². The van der Waals surface area contributed by atoms with Gasteiger partial charge in [-0.2, -0.15) is 0 Å². The minimum Gasteiger partial charge on any atom is -0.428 e. The molecule has 2 nitrogen and oxygen atoms in total. The lowest BCUT2D eigenvalue weighted by atomic mass is 10.0. The van der Waals surface area contributed by atoms with E-state index in [1.54, 1.807) is 0 Å². The van der Waals surface area contributed by atoms with E-state index >= 15 is 0 Å². The van der Waals surface area contributed by atoms with Gasteiger partial charge in [0.1, 0.15) is 0 Å². The molecule has 0 atom stereocenters. The third-order valence-corrected chi connectivity index (χ3v) is 9.26. The lowest BCUT2D eigenvalue weighted by molar-refractivity contribution is 0.561. The van der Waals surface area contributed by atoms with Crippen molar-refractivity contribution in [3.63, 3.8) is 0 Å². The van der Waals surface area contributed by atoms with E-state index in [0.717, 1.165) is 23.1 Å². The van der Waals surface area contributed by atoms with Crippen LogP contribution in [0.4, 0.5) is 0 Å². The Bertz CT molecular complexity index is 539. The number of hydrogen-bond donors (Lipinski definition) is 0. The predicted molar refractivity (Wildman–Crippen MR) is 107 cm³/mol. The number of aromatic nitrogens is 1. The Morgan fingerprint density at radius 3 is 2.09 bits per heavy atom. The summed E-state index contributed by atoms with van der Waals surface area (Å²) in [6.45, 7) is 23.7. The van der Waals surface area contributed by atoms with Gasteiger partial charge in [-0.1, -0.05) is 78.0 Å². The summed E-state index contributed by atoms with van der Waals surface area (Å²) in [5.41, 5.74) is 3.19. The van der Waals surface area contributed by atoms with Gasteiger partial charge in [0.15, 0.2) is 0 Å². The highest BCUT2D eigenvalue weighted by Crippen LogP contribution is 2.60. The van der Waals surface area contributed by atoms with Crippen LogP contribution in [0.5, 0.6) is 5.88 Å². The van der Waals surface area contributed by atoms with Crippen LogP contribution in [0.2, 0.25) is 0 Å². The molecule has 1 heterocycles. The van der Waals surface area contributed by atoms with Crippen LogP contribution in [0.1, 0.15) is 66.0 Å². The second-order valence-electron chi connectivity index (χ2n) is 6.70. The first-order chi connectivity index (χ1) is 10.7. The molecule has 0 aliphatic heterocycles. The Hall–Kier alpha value is -1.22. The van der Waals surface area contributed by atoms with E-state index in [1.165, 1.54) is 0 Å². The molecule has 0 aliphatic carbocycles. The van der Waals surface area contributed by atoms with E-state index in [2.05, 4.69) is 66.6 Å². The van der Waals surface area contributed by atoms with Gasteiger partial charge in [-0.15, -0.1) is 0 Å². The summed E-state index contributed by atoms with van der Waals surface area (Å²) >= 11 is 0. The fourth-order valence-electron chi connectivity index (χ4n) is 3.22. The first-order valence-electron chi connectivity index (χ1n) is 8.50. The molecule has 0 N–H and O–H groups in total. The SMILES string of the molecule is C=Cc1cc(OS(C(C)C)(C(C)C)C(C)C)ncc1C(=C)CC. The molecular weight excluding hydrogens is 302 g/mol. The molecule has 0 saturated heterocycles. The molecule has 0 fully saturated rings. The van der Waals surface area contributed by atoms with Crippen LogP contribution in [0, 0.1) is 0 Å². The Morgan fingerprint density at radius 1 is 1.17 bits per heavy atom. The fraction of sp³-hybridized carbons (Fsp3) is 0.550. The highest BCUT2D eigenvalue weighted by atomic mass is 32.3. The summed E-state index contributed by atoms with van der Waals surface area (Å²) in [5.74, 6) is 0.707. The quantitative estimate of drug-likeness (QED) is 0.543. The third-order valence-electron chi connectivity index (χ3n) is 4.38. The summed E-state index contributed by atoms with van der Waals surface area (Å²) in [4.78, 5) is 4.58. The molecule has 0 aromatic carbocycles. The molecule has 0 saturated carbocycles. The summed E-state index contributed by atoms with van der Waals surface area (Å²) in [6.07, 6.45) is 4.65. The van der Waals surface area contributed by atoms with Crippen molar-refractivity contribution in [2.24, 2.45) is 0 Å². The van der Waals surface area contributed by atoms with Gasteiger partial charge in [0.25, 0.3) is 0 Å². The Balaban J connectivity index is 3.30. The maximum Gasteiger partial charge on any atom is 0.225 e. The second-order valence-corrected chi connectivity index (χ2v) is 11.1. The van der Waals surface area contributed by atoms with E-state index in [-0.39, 0.29) is 0 Å². The molecule has 0 radical (unpaired) electrons. The number of hydrogen-bond acceptors (Lipinski definition) is 2. The van der Waals surface area contributed by atoms with Crippen LogP contribution in [-0.4, -0.2) is 20.7 Å². The minimum absolute atomic E-state index is 0.474. The van der Waals surface area contributed by atoms with Gasteiger partial charge >= 0.3 is 0 Å². The Labute approximate surface area is 144 Å². The van der Waals surface area contributed by atoms with E-state index < -0.39 is 10.3 Å². The lowest BCUT2D eigenvalue weighted by Gasteiger charge is -2.49. The first-order valence-corrected chi connectivity index (χ1v) is 10.2. The molecule has 1 rings (SSSR count). The van der Waals surface area contributed by atoms with E-state index in [9.17, 15) is 0 Å². The van der Waals surface area contributed by atoms with Gasteiger partial charge in [0, 0.05) is 33.6 Å².